The summed E-state index contributed by atoms with van der Waals surface area (Å²) in [7, 11) is 3.25. The zero-order valence-electron chi connectivity index (χ0n) is 19.3. The zero-order valence-corrected chi connectivity index (χ0v) is 21.6. The van der Waals surface area contributed by atoms with E-state index in [1.165, 1.54) is 16.3 Å². The van der Waals surface area contributed by atoms with Gasteiger partial charge in [-0.05, 0) is 36.6 Å². The second-order valence-corrected chi connectivity index (χ2v) is 9.97. The van der Waals surface area contributed by atoms with E-state index < -0.39 is 5.25 Å². The van der Waals surface area contributed by atoms with Crippen LogP contribution in [0.2, 0.25) is 10.0 Å². The van der Waals surface area contributed by atoms with Crippen LogP contribution in [0.4, 0.5) is 0 Å². The molecule has 0 spiro atoms. The Balaban J connectivity index is 1.69. The summed E-state index contributed by atoms with van der Waals surface area (Å²) in [6, 6.07) is 15.1. The van der Waals surface area contributed by atoms with E-state index in [9.17, 15) is 9.59 Å². The second-order valence-electron chi connectivity index (χ2n) is 7.82. The number of halogens is 2. The number of aromatic nitrogens is 2. The molecular weight excluding hydrogens is 493 g/mol. The molecule has 1 amide bonds. The lowest BCUT2D eigenvalue weighted by Gasteiger charge is -2.17. The Kier molecular flexibility index (Phi) is 9.59. The summed E-state index contributed by atoms with van der Waals surface area (Å²) in [5, 5.41) is 4.09. The largest absolute Gasteiger partial charge is 0.378 e. The smallest absolute Gasteiger partial charge is 0.257 e. The molecule has 3 rings (SSSR count). The first-order valence-electron chi connectivity index (χ1n) is 10.8. The lowest BCUT2D eigenvalue weighted by atomic mass is 10.0. The number of methoxy groups -OCH3 is 1. The van der Waals surface area contributed by atoms with E-state index >= 15 is 0 Å². The minimum atomic E-state index is -0.450. The van der Waals surface area contributed by atoms with Gasteiger partial charge in [0.25, 0.3) is 5.56 Å². The van der Waals surface area contributed by atoms with Crippen molar-refractivity contribution in [3.8, 4) is 0 Å². The number of carbonyl (C=O) groups excluding carboxylic acids is 1. The standard InChI is InChI=1S/C25H27Cl2N3O3S/c1-16(23(31)28-12-11-18-9-10-19(26)14-21(18)27)34-25-29-22(15-33-3)20(24(32)30(25)2)13-17-7-5-4-6-8-17/h4-10,14,16H,11-13,15H2,1-3H3,(H,28,31). The Morgan fingerprint density at radius 3 is 2.62 bits per heavy atom. The fourth-order valence-electron chi connectivity index (χ4n) is 3.41. The van der Waals surface area contributed by atoms with Gasteiger partial charge < -0.3 is 10.1 Å². The van der Waals surface area contributed by atoms with Crippen molar-refractivity contribution < 1.29 is 9.53 Å². The van der Waals surface area contributed by atoms with Crippen LogP contribution in [-0.2, 0) is 36.0 Å². The van der Waals surface area contributed by atoms with E-state index in [0.29, 0.717) is 45.8 Å². The minimum Gasteiger partial charge on any atom is -0.378 e. The Labute approximate surface area is 213 Å². The third-order valence-electron chi connectivity index (χ3n) is 5.29. The van der Waals surface area contributed by atoms with Gasteiger partial charge in [-0.3, -0.25) is 14.2 Å². The van der Waals surface area contributed by atoms with E-state index in [0.717, 1.165) is 11.1 Å². The summed E-state index contributed by atoms with van der Waals surface area (Å²) in [4.78, 5) is 30.5. The number of benzene rings is 2. The number of nitrogens with zero attached hydrogens (tertiary/aromatic N) is 2. The highest BCUT2D eigenvalue weighted by Crippen LogP contribution is 2.23. The molecule has 6 nitrogen and oxygen atoms in total. The van der Waals surface area contributed by atoms with Gasteiger partial charge in [-0.2, -0.15) is 0 Å². The maximum Gasteiger partial charge on any atom is 0.257 e. The molecule has 0 saturated heterocycles. The number of amides is 1. The van der Waals surface area contributed by atoms with Gasteiger partial charge in [0.2, 0.25) is 5.91 Å². The molecule has 1 N–H and O–H groups in total. The van der Waals surface area contributed by atoms with E-state index in [-0.39, 0.29) is 18.1 Å². The van der Waals surface area contributed by atoms with Gasteiger partial charge >= 0.3 is 0 Å². The summed E-state index contributed by atoms with van der Waals surface area (Å²) in [6.45, 7) is 2.44. The van der Waals surface area contributed by atoms with Crippen molar-refractivity contribution >= 4 is 40.9 Å². The molecule has 3 aromatic rings. The number of carbonyl (C=O) groups is 1. The van der Waals surface area contributed by atoms with Gasteiger partial charge in [-0.15, -0.1) is 0 Å². The van der Waals surface area contributed by atoms with Crippen molar-refractivity contribution in [2.75, 3.05) is 13.7 Å². The lowest BCUT2D eigenvalue weighted by Crippen LogP contribution is -2.33. The van der Waals surface area contributed by atoms with Crippen LogP contribution in [0, 0.1) is 0 Å². The molecule has 0 aliphatic rings. The van der Waals surface area contributed by atoms with Crippen molar-refractivity contribution in [3.63, 3.8) is 0 Å². The van der Waals surface area contributed by atoms with Crippen molar-refractivity contribution in [1.29, 1.82) is 0 Å². The number of hydrogen-bond acceptors (Lipinski definition) is 5. The molecule has 0 fully saturated rings. The Bertz CT molecular complexity index is 1200. The molecule has 0 radical (unpaired) electrons. The van der Waals surface area contributed by atoms with Crippen LogP contribution in [0.1, 0.15) is 29.3 Å². The maximum atomic E-state index is 13.2. The summed E-state index contributed by atoms with van der Waals surface area (Å²) in [6.07, 6.45) is 1.05. The van der Waals surface area contributed by atoms with Crippen LogP contribution < -0.4 is 10.9 Å². The molecule has 180 valence electrons. The number of ether oxygens (including phenoxy) is 1. The van der Waals surface area contributed by atoms with E-state index in [2.05, 4.69) is 10.3 Å². The van der Waals surface area contributed by atoms with E-state index in [4.69, 9.17) is 27.9 Å². The summed E-state index contributed by atoms with van der Waals surface area (Å²) < 4.78 is 6.80. The van der Waals surface area contributed by atoms with Crippen molar-refractivity contribution in [2.24, 2.45) is 7.05 Å². The quantitative estimate of drug-likeness (QED) is 0.311. The Morgan fingerprint density at radius 2 is 1.94 bits per heavy atom. The molecular formula is C25H27Cl2N3O3S. The molecule has 1 unspecified atom stereocenters. The molecule has 1 heterocycles. The van der Waals surface area contributed by atoms with Crippen LogP contribution in [0.3, 0.4) is 0 Å². The second kappa shape index (κ2) is 12.4. The maximum absolute atomic E-state index is 13.2. The third-order valence-corrected chi connectivity index (χ3v) is 7.02. The zero-order chi connectivity index (χ0) is 24.7. The monoisotopic (exact) mass is 519 g/mol. The molecule has 0 aliphatic heterocycles. The minimum absolute atomic E-state index is 0.140. The van der Waals surface area contributed by atoms with Crippen LogP contribution in [0.5, 0.6) is 0 Å². The fourth-order valence-corrected chi connectivity index (χ4v) is 4.82. The molecule has 0 bridgehead atoms. The number of rotatable bonds is 10. The van der Waals surface area contributed by atoms with Crippen LogP contribution in [0.25, 0.3) is 0 Å². The topological polar surface area (TPSA) is 73.2 Å². The van der Waals surface area contributed by atoms with Crippen LogP contribution in [-0.4, -0.2) is 34.4 Å². The molecule has 9 heteroatoms. The average molecular weight is 520 g/mol. The first-order valence-corrected chi connectivity index (χ1v) is 12.4. The summed E-state index contributed by atoms with van der Waals surface area (Å²) in [5.41, 5.74) is 2.97. The molecule has 34 heavy (non-hydrogen) atoms. The normalized spacial score (nSPS) is 11.9. The molecule has 0 aliphatic carbocycles. The van der Waals surface area contributed by atoms with Crippen molar-refractivity contribution in [2.45, 2.75) is 36.8 Å². The summed E-state index contributed by atoms with van der Waals surface area (Å²) in [5.74, 6) is -0.147. The van der Waals surface area contributed by atoms with Crippen molar-refractivity contribution in [3.05, 3.63) is 91.3 Å². The number of hydrogen-bond donors (Lipinski definition) is 1. The fraction of sp³-hybridized carbons (Fsp3) is 0.320. The SMILES string of the molecule is COCc1nc(SC(C)C(=O)NCCc2ccc(Cl)cc2Cl)n(C)c(=O)c1Cc1ccccc1. The van der Waals surface area contributed by atoms with Gasteiger partial charge in [0.1, 0.15) is 0 Å². The highest BCUT2D eigenvalue weighted by molar-refractivity contribution is 8.00. The predicted octanol–water partition coefficient (Wildman–Crippen LogP) is 4.66. The molecule has 1 aromatic heterocycles. The molecule has 0 saturated carbocycles. The highest BCUT2D eigenvalue weighted by atomic mass is 35.5. The van der Waals surface area contributed by atoms with Crippen LogP contribution >= 0.6 is 35.0 Å². The van der Waals surface area contributed by atoms with Gasteiger partial charge in [0, 0.05) is 42.7 Å². The van der Waals surface area contributed by atoms with E-state index in [1.807, 2.05) is 36.4 Å². The summed E-state index contributed by atoms with van der Waals surface area (Å²) >= 11 is 13.4. The molecule has 2 aromatic carbocycles. The lowest BCUT2D eigenvalue weighted by molar-refractivity contribution is -0.120. The van der Waals surface area contributed by atoms with Crippen LogP contribution in [0.15, 0.2) is 58.5 Å². The average Bonchev–Trinajstić information content (AvgIpc) is 2.82. The van der Waals surface area contributed by atoms with Crippen molar-refractivity contribution in [1.82, 2.24) is 14.9 Å². The Morgan fingerprint density at radius 1 is 1.21 bits per heavy atom. The predicted molar refractivity (Wildman–Crippen MR) is 138 cm³/mol. The number of thioether (sulfide) groups is 1. The van der Waals surface area contributed by atoms with Gasteiger partial charge in [-0.1, -0.05) is 71.4 Å². The molecule has 1 atom stereocenters. The van der Waals surface area contributed by atoms with Gasteiger partial charge in [0.15, 0.2) is 5.16 Å². The first-order chi connectivity index (χ1) is 16.3. The van der Waals surface area contributed by atoms with E-state index in [1.54, 1.807) is 33.2 Å². The third kappa shape index (κ3) is 6.85. The highest BCUT2D eigenvalue weighted by Gasteiger charge is 2.20. The Hall–Kier alpha value is -2.32. The first kappa shape index (κ1) is 26.3. The van der Waals surface area contributed by atoms with Gasteiger partial charge in [0.05, 0.1) is 17.6 Å². The number of nitrogens with one attached hydrogen (secondary N) is 1. The van der Waals surface area contributed by atoms with Gasteiger partial charge in [-0.25, -0.2) is 4.98 Å².